The van der Waals surface area contributed by atoms with E-state index in [4.69, 9.17) is 4.42 Å². The highest BCUT2D eigenvalue weighted by Crippen LogP contribution is 2.51. The lowest BCUT2D eigenvalue weighted by Crippen LogP contribution is -2.74. The highest BCUT2D eigenvalue weighted by atomic mass is 28.3. The minimum absolute atomic E-state index is 0.140. The summed E-state index contributed by atoms with van der Waals surface area (Å²) in [6.07, 6.45) is 0. The van der Waals surface area contributed by atoms with E-state index >= 15 is 0 Å². The molecule has 0 amide bonds. The maximum atomic E-state index is 6.31. The van der Waals surface area contributed by atoms with Crippen LogP contribution in [0.5, 0.6) is 0 Å². The van der Waals surface area contributed by atoms with Gasteiger partial charge in [-0.1, -0.05) is 244 Å². The van der Waals surface area contributed by atoms with Gasteiger partial charge in [-0.25, -0.2) is 0 Å². The number of hydrogen-bond acceptors (Lipinski definition) is 2. The number of nitrogens with zero attached hydrogens (tertiary/aromatic N) is 1. The average Bonchev–Trinajstić information content (AvgIpc) is 4.16. The Morgan fingerprint density at radius 2 is 0.615 bits per heavy atom. The first-order valence-corrected chi connectivity index (χ1v) is 29.0. The minimum atomic E-state index is -2.64. The van der Waals surface area contributed by atoms with Gasteiger partial charge < -0.3 is 9.32 Å². The maximum absolute atomic E-state index is 6.31. The van der Waals surface area contributed by atoms with Crippen LogP contribution in [0.2, 0.25) is 0 Å². The Bertz CT molecular complexity index is 4190. The highest BCUT2D eigenvalue weighted by Gasteiger charge is 2.41. The lowest BCUT2D eigenvalue weighted by Gasteiger charge is -2.34. The second kappa shape index (κ2) is 19.2. The summed E-state index contributed by atoms with van der Waals surface area (Å²) < 4.78 is 6.31. The molecule has 0 bridgehead atoms. The van der Waals surface area contributed by atoms with Crippen molar-refractivity contribution in [1.82, 2.24) is 0 Å². The van der Waals surface area contributed by atoms with Crippen molar-refractivity contribution in [2.24, 2.45) is 0 Å². The van der Waals surface area contributed by atoms with Crippen molar-refractivity contribution in [3.63, 3.8) is 0 Å². The number of fused-ring (bicyclic) bond motifs is 6. The molecular formula is C75H55NOSi. The molecular weight excluding hydrogens is 959 g/mol. The lowest BCUT2D eigenvalue weighted by atomic mass is 9.81. The molecule has 0 saturated heterocycles. The predicted octanol–water partition coefficient (Wildman–Crippen LogP) is 17.4. The van der Waals surface area contributed by atoms with Crippen LogP contribution in [0.3, 0.4) is 0 Å². The van der Waals surface area contributed by atoms with Crippen LogP contribution in [0, 0.1) is 0 Å². The van der Waals surface area contributed by atoms with Gasteiger partial charge in [0.15, 0.2) is 8.07 Å². The molecule has 370 valence electrons. The first-order valence-electron chi connectivity index (χ1n) is 27.0. The molecule has 0 fully saturated rings. The van der Waals surface area contributed by atoms with E-state index in [0.29, 0.717) is 0 Å². The molecule has 0 saturated carbocycles. The fourth-order valence-corrected chi connectivity index (χ4v) is 17.2. The Morgan fingerprint density at radius 1 is 0.282 bits per heavy atom. The SMILES string of the molecule is CC1(C)c2cc(-c3ccccc3)ccc2-c2ccc(-c3ccc(N(c4ccc(-c5ccc([Si](c6ccccc6)(c6ccccc6)c6ccccc6)cc5)cc4)c4ccc(-c5ccc6c(c5)oc5ccccc56)cc4)cc3)cc21. The van der Waals surface area contributed by atoms with E-state index in [1.54, 1.807) is 0 Å². The fraction of sp³-hybridized carbons (Fsp3) is 0.0400. The Labute approximate surface area is 457 Å². The van der Waals surface area contributed by atoms with Gasteiger partial charge in [-0.2, -0.15) is 0 Å². The van der Waals surface area contributed by atoms with Gasteiger partial charge in [0.05, 0.1) is 0 Å². The molecule has 1 aromatic heterocycles. The van der Waals surface area contributed by atoms with Crippen molar-refractivity contribution in [3.8, 4) is 55.6 Å². The zero-order valence-electron chi connectivity index (χ0n) is 43.6. The van der Waals surface area contributed by atoms with Gasteiger partial charge in [-0.05, 0) is 154 Å². The molecule has 2 nitrogen and oxygen atoms in total. The molecule has 3 heteroatoms. The number of rotatable bonds is 11. The van der Waals surface area contributed by atoms with Gasteiger partial charge in [0.25, 0.3) is 0 Å². The van der Waals surface area contributed by atoms with Crippen LogP contribution in [0.25, 0.3) is 77.6 Å². The molecule has 0 unspecified atom stereocenters. The van der Waals surface area contributed by atoms with Crippen molar-refractivity contribution in [2.45, 2.75) is 19.3 Å². The summed E-state index contributed by atoms with van der Waals surface area (Å²) in [4.78, 5) is 2.37. The van der Waals surface area contributed by atoms with E-state index in [2.05, 4.69) is 304 Å². The average molecular weight is 1010 g/mol. The summed E-state index contributed by atoms with van der Waals surface area (Å²) in [7, 11) is -2.64. The quantitative estimate of drug-likeness (QED) is 0.0948. The van der Waals surface area contributed by atoms with E-state index < -0.39 is 8.07 Å². The number of furan rings is 1. The number of hydrogen-bond donors (Lipinski definition) is 0. The molecule has 78 heavy (non-hydrogen) atoms. The van der Waals surface area contributed by atoms with Crippen LogP contribution in [0.15, 0.2) is 302 Å². The zero-order valence-corrected chi connectivity index (χ0v) is 44.6. The highest BCUT2D eigenvalue weighted by molar-refractivity contribution is 7.19. The lowest BCUT2D eigenvalue weighted by molar-refractivity contribution is 0.661. The number of anilines is 3. The van der Waals surface area contributed by atoms with Crippen molar-refractivity contribution in [2.75, 3.05) is 4.90 Å². The summed E-state index contributed by atoms with van der Waals surface area (Å²) in [5, 5.41) is 7.73. The van der Waals surface area contributed by atoms with Gasteiger partial charge in [-0.3, -0.25) is 0 Å². The summed E-state index contributed by atoms with van der Waals surface area (Å²) in [6, 6.07) is 109. The van der Waals surface area contributed by atoms with Crippen LogP contribution in [-0.2, 0) is 5.41 Å². The molecule has 1 aliphatic carbocycles. The zero-order chi connectivity index (χ0) is 52.2. The van der Waals surface area contributed by atoms with Gasteiger partial charge in [0, 0.05) is 33.2 Å². The van der Waals surface area contributed by atoms with Gasteiger partial charge >= 0.3 is 0 Å². The van der Waals surface area contributed by atoms with E-state index in [1.165, 1.54) is 76.4 Å². The third-order valence-corrected chi connectivity index (χ3v) is 21.3. The second-order valence-electron chi connectivity index (χ2n) is 21.2. The Kier molecular flexibility index (Phi) is 11.6. The molecule has 0 atom stereocenters. The van der Waals surface area contributed by atoms with Gasteiger partial charge in [-0.15, -0.1) is 0 Å². The predicted molar refractivity (Wildman–Crippen MR) is 331 cm³/mol. The van der Waals surface area contributed by atoms with Crippen molar-refractivity contribution in [1.29, 1.82) is 0 Å². The van der Waals surface area contributed by atoms with Crippen molar-refractivity contribution < 1.29 is 4.42 Å². The second-order valence-corrected chi connectivity index (χ2v) is 25.0. The first-order chi connectivity index (χ1) is 38.4. The summed E-state index contributed by atoms with van der Waals surface area (Å²) in [6.45, 7) is 4.74. The maximum Gasteiger partial charge on any atom is 0.179 e. The standard InChI is InChI=1S/C75H55NOSi/c1-75(2)71-49-57(52-17-7-3-8-18-52)35-46-67(71)68-47-36-58(50-72(68)75)55-29-40-61(41-30-55)76(62-42-31-56(32-43-62)59-37-48-70-69-25-15-16-26-73(69)77-74(70)51-59)60-38-27-53(28-39-60)54-33-44-66(45-34-54)78(63-19-9-4-10-20-63,64-21-11-5-12-22-64)65-23-13-6-14-24-65/h3-51H,1-2H3. The Hall–Kier alpha value is -9.54. The molecule has 1 aliphatic rings. The van der Waals surface area contributed by atoms with Crippen molar-refractivity contribution >= 4 is 67.8 Å². The topological polar surface area (TPSA) is 16.4 Å². The monoisotopic (exact) mass is 1010 g/mol. The van der Waals surface area contributed by atoms with E-state index in [0.717, 1.165) is 50.1 Å². The molecule has 0 N–H and O–H groups in total. The molecule has 0 radical (unpaired) electrons. The van der Waals surface area contributed by atoms with Crippen LogP contribution in [-0.4, -0.2) is 8.07 Å². The molecule has 12 aromatic carbocycles. The molecule has 1 heterocycles. The Balaban J connectivity index is 0.809. The summed E-state index contributed by atoms with van der Waals surface area (Å²) >= 11 is 0. The smallest absolute Gasteiger partial charge is 0.179 e. The molecule has 0 spiro atoms. The van der Waals surface area contributed by atoms with Crippen LogP contribution < -0.4 is 25.6 Å². The third kappa shape index (κ3) is 8.02. The summed E-state index contributed by atoms with van der Waals surface area (Å²) in [5.74, 6) is 0. The fourth-order valence-electron chi connectivity index (χ4n) is 12.5. The number of benzene rings is 12. The van der Waals surface area contributed by atoms with Crippen LogP contribution in [0.4, 0.5) is 17.1 Å². The molecule has 14 rings (SSSR count). The first kappa shape index (κ1) is 46.9. The van der Waals surface area contributed by atoms with Crippen molar-refractivity contribution in [3.05, 3.63) is 308 Å². The van der Waals surface area contributed by atoms with E-state index in [-0.39, 0.29) is 5.41 Å². The normalized spacial score (nSPS) is 12.6. The van der Waals surface area contributed by atoms with Gasteiger partial charge in [0.2, 0.25) is 0 Å². The molecule has 13 aromatic rings. The van der Waals surface area contributed by atoms with Gasteiger partial charge in [0.1, 0.15) is 11.2 Å². The van der Waals surface area contributed by atoms with E-state index in [9.17, 15) is 0 Å². The van der Waals surface area contributed by atoms with Crippen LogP contribution in [0.1, 0.15) is 25.0 Å². The number of para-hydroxylation sites is 1. The van der Waals surface area contributed by atoms with E-state index in [1.807, 2.05) is 12.1 Å². The third-order valence-electron chi connectivity index (χ3n) is 16.5. The molecule has 0 aliphatic heterocycles. The minimum Gasteiger partial charge on any atom is -0.456 e. The largest absolute Gasteiger partial charge is 0.456 e. The summed E-state index contributed by atoms with van der Waals surface area (Å²) in [5.41, 5.74) is 19.8. The Morgan fingerprint density at radius 3 is 1.09 bits per heavy atom. The van der Waals surface area contributed by atoms with Crippen LogP contribution >= 0.6 is 0 Å².